The summed E-state index contributed by atoms with van der Waals surface area (Å²) in [4.78, 5) is 0. The summed E-state index contributed by atoms with van der Waals surface area (Å²) in [5.41, 5.74) is 2.13. The molecular weight excluding hydrogens is 341 g/mol. The van der Waals surface area contributed by atoms with Crippen molar-refractivity contribution < 1.29 is 4.74 Å². The van der Waals surface area contributed by atoms with Crippen molar-refractivity contribution in [3.63, 3.8) is 0 Å². The van der Waals surface area contributed by atoms with Crippen molar-refractivity contribution in [1.29, 1.82) is 0 Å². The van der Waals surface area contributed by atoms with Crippen LogP contribution in [0.4, 0.5) is 0 Å². The molecule has 0 unspecified atom stereocenters. The monoisotopic (exact) mass is 363 g/mol. The molecule has 128 valence electrons. The molecule has 0 atom stereocenters. The van der Waals surface area contributed by atoms with E-state index in [1.165, 1.54) is 37.7 Å². The second-order valence-electron chi connectivity index (χ2n) is 6.35. The highest BCUT2D eigenvalue weighted by Crippen LogP contribution is 2.25. The van der Waals surface area contributed by atoms with Gasteiger partial charge >= 0.3 is 0 Å². The molecule has 0 heterocycles. The quantitative estimate of drug-likeness (QED) is 0.679. The van der Waals surface area contributed by atoms with E-state index in [0.717, 1.165) is 17.9 Å². The van der Waals surface area contributed by atoms with Gasteiger partial charge in [0, 0.05) is 33.8 Å². The van der Waals surface area contributed by atoms with Crippen LogP contribution < -0.4 is 10.1 Å². The fraction of sp³-hybridized carbons (Fsp3) is 0.400. The fourth-order valence-electron chi connectivity index (χ4n) is 3.15. The number of ether oxygens (including phenoxy) is 1. The van der Waals surface area contributed by atoms with Crippen LogP contribution in [0.25, 0.3) is 0 Å². The Hall–Kier alpha value is -1.22. The van der Waals surface area contributed by atoms with E-state index in [0.29, 0.717) is 22.7 Å². The zero-order chi connectivity index (χ0) is 16.8. The molecule has 0 bridgehead atoms. The predicted molar refractivity (Wildman–Crippen MR) is 101 cm³/mol. The second-order valence-corrected chi connectivity index (χ2v) is 7.19. The maximum absolute atomic E-state index is 6.22. The van der Waals surface area contributed by atoms with Crippen molar-refractivity contribution in [2.24, 2.45) is 0 Å². The van der Waals surface area contributed by atoms with Crippen molar-refractivity contribution in [2.75, 3.05) is 0 Å². The number of hydrogen-bond acceptors (Lipinski definition) is 2. The maximum Gasteiger partial charge on any atom is 0.124 e. The molecule has 24 heavy (non-hydrogen) atoms. The Morgan fingerprint density at radius 3 is 2.54 bits per heavy atom. The van der Waals surface area contributed by atoms with Gasteiger partial charge in [-0.3, -0.25) is 0 Å². The number of benzene rings is 2. The molecule has 1 fully saturated rings. The van der Waals surface area contributed by atoms with Gasteiger partial charge in [-0.15, -0.1) is 0 Å². The lowest BCUT2D eigenvalue weighted by Gasteiger charge is -2.23. The van der Waals surface area contributed by atoms with Crippen molar-refractivity contribution in [2.45, 2.75) is 51.3 Å². The van der Waals surface area contributed by atoms with Crippen molar-refractivity contribution in [3.8, 4) is 5.75 Å². The minimum absolute atomic E-state index is 0.441. The third-order valence-corrected chi connectivity index (χ3v) is 5.14. The van der Waals surface area contributed by atoms with Crippen molar-refractivity contribution in [1.82, 2.24) is 5.32 Å². The Kier molecular flexibility index (Phi) is 6.42. The molecular formula is C20H23Cl2NO. The molecule has 1 aliphatic carbocycles. The summed E-state index contributed by atoms with van der Waals surface area (Å²) < 4.78 is 6.02. The van der Waals surface area contributed by atoms with Crippen LogP contribution in [0.1, 0.15) is 43.2 Å². The minimum atomic E-state index is 0.441. The number of hydrogen-bond donors (Lipinski definition) is 1. The van der Waals surface area contributed by atoms with Gasteiger partial charge in [0.15, 0.2) is 0 Å². The lowest BCUT2D eigenvalue weighted by atomic mass is 9.95. The Morgan fingerprint density at radius 1 is 0.958 bits per heavy atom. The molecule has 0 amide bonds. The molecule has 0 saturated heterocycles. The van der Waals surface area contributed by atoms with Crippen LogP contribution in [-0.2, 0) is 13.2 Å². The minimum Gasteiger partial charge on any atom is -0.489 e. The second kappa shape index (κ2) is 8.75. The van der Waals surface area contributed by atoms with E-state index in [1.807, 2.05) is 24.3 Å². The summed E-state index contributed by atoms with van der Waals surface area (Å²) in [5.74, 6) is 0.909. The zero-order valence-electron chi connectivity index (χ0n) is 13.7. The smallest absolute Gasteiger partial charge is 0.124 e. The largest absolute Gasteiger partial charge is 0.489 e. The van der Waals surface area contributed by atoms with Gasteiger partial charge in [-0.05, 0) is 31.0 Å². The van der Waals surface area contributed by atoms with E-state index in [9.17, 15) is 0 Å². The number of rotatable bonds is 6. The third-order valence-electron chi connectivity index (χ3n) is 4.56. The highest BCUT2D eigenvalue weighted by molar-refractivity contribution is 6.35. The average Bonchev–Trinajstić information content (AvgIpc) is 2.61. The topological polar surface area (TPSA) is 21.3 Å². The SMILES string of the molecule is Clc1ccc(COc2ccccc2CNC2CCCCC2)c(Cl)c1. The first-order valence-corrected chi connectivity index (χ1v) is 9.36. The first-order chi connectivity index (χ1) is 11.7. The fourth-order valence-corrected chi connectivity index (χ4v) is 3.61. The molecule has 0 radical (unpaired) electrons. The third kappa shape index (κ3) is 4.89. The maximum atomic E-state index is 6.22. The van der Waals surface area contributed by atoms with E-state index >= 15 is 0 Å². The van der Waals surface area contributed by atoms with E-state index in [-0.39, 0.29) is 0 Å². The van der Waals surface area contributed by atoms with Crippen LogP contribution in [0, 0.1) is 0 Å². The molecule has 0 spiro atoms. The molecule has 2 aromatic rings. The van der Waals surface area contributed by atoms with Gasteiger partial charge in [-0.25, -0.2) is 0 Å². The Morgan fingerprint density at radius 2 is 1.75 bits per heavy atom. The van der Waals surface area contributed by atoms with Gasteiger partial charge in [0.2, 0.25) is 0 Å². The van der Waals surface area contributed by atoms with Gasteiger partial charge in [0.05, 0.1) is 0 Å². The number of halogens is 2. The lowest BCUT2D eigenvalue weighted by molar-refractivity contribution is 0.300. The first kappa shape index (κ1) is 17.6. The van der Waals surface area contributed by atoms with Gasteiger partial charge in [0.25, 0.3) is 0 Å². The molecule has 1 N–H and O–H groups in total. The highest BCUT2D eigenvalue weighted by Gasteiger charge is 2.13. The van der Waals surface area contributed by atoms with Crippen molar-refractivity contribution in [3.05, 3.63) is 63.6 Å². The van der Waals surface area contributed by atoms with Crippen LogP contribution in [-0.4, -0.2) is 6.04 Å². The first-order valence-electron chi connectivity index (χ1n) is 8.60. The van der Waals surface area contributed by atoms with Gasteiger partial charge in [0.1, 0.15) is 12.4 Å². The summed E-state index contributed by atoms with van der Waals surface area (Å²) in [7, 11) is 0. The normalized spacial score (nSPS) is 15.4. The van der Waals surface area contributed by atoms with E-state index in [2.05, 4.69) is 17.4 Å². The Balaban J connectivity index is 1.61. The summed E-state index contributed by atoms with van der Waals surface area (Å²) in [6, 6.07) is 14.3. The molecule has 2 aromatic carbocycles. The van der Waals surface area contributed by atoms with Crippen LogP contribution in [0.5, 0.6) is 5.75 Å². The molecule has 3 rings (SSSR count). The molecule has 0 aromatic heterocycles. The van der Waals surface area contributed by atoms with Crippen LogP contribution in [0.3, 0.4) is 0 Å². The van der Waals surface area contributed by atoms with Crippen LogP contribution in [0.2, 0.25) is 10.0 Å². The van der Waals surface area contributed by atoms with Gasteiger partial charge in [-0.2, -0.15) is 0 Å². The molecule has 0 aliphatic heterocycles. The Bertz CT molecular complexity index is 668. The molecule has 1 saturated carbocycles. The molecule has 2 nitrogen and oxygen atoms in total. The summed E-state index contributed by atoms with van der Waals surface area (Å²) in [6.45, 7) is 1.28. The highest BCUT2D eigenvalue weighted by atomic mass is 35.5. The van der Waals surface area contributed by atoms with Crippen LogP contribution in [0.15, 0.2) is 42.5 Å². The van der Waals surface area contributed by atoms with Gasteiger partial charge in [-0.1, -0.05) is 66.7 Å². The van der Waals surface area contributed by atoms with Gasteiger partial charge < -0.3 is 10.1 Å². The lowest BCUT2D eigenvalue weighted by Crippen LogP contribution is -2.30. The molecule has 1 aliphatic rings. The number of nitrogens with one attached hydrogen (secondary N) is 1. The average molecular weight is 364 g/mol. The predicted octanol–water partition coefficient (Wildman–Crippen LogP) is 5.99. The molecule has 4 heteroatoms. The van der Waals surface area contributed by atoms with E-state index < -0.39 is 0 Å². The summed E-state index contributed by atoms with van der Waals surface area (Å²) in [5, 5.41) is 4.95. The van der Waals surface area contributed by atoms with Crippen LogP contribution >= 0.6 is 23.2 Å². The zero-order valence-corrected chi connectivity index (χ0v) is 15.2. The number of para-hydroxylation sites is 1. The Labute approximate surface area is 154 Å². The standard InChI is InChI=1S/C20H23Cl2NO/c21-17-11-10-16(19(22)12-17)14-24-20-9-5-4-6-15(20)13-23-18-7-2-1-3-8-18/h4-6,9-12,18,23H,1-3,7-8,13-14H2. The summed E-state index contributed by atoms with van der Waals surface area (Å²) >= 11 is 12.2. The van der Waals surface area contributed by atoms with E-state index in [1.54, 1.807) is 6.07 Å². The summed E-state index contributed by atoms with van der Waals surface area (Å²) in [6.07, 6.45) is 6.61. The van der Waals surface area contributed by atoms with Crippen molar-refractivity contribution >= 4 is 23.2 Å². The van der Waals surface area contributed by atoms with E-state index in [4.69, 9.17) is 27.9 Å².